The van der Waals surface area contributed by atoms with Crippen LogP contribution in [0.1, 0.15) is 42.7 Å². The minimum absolute atomic E-state index is 0.597. The van der Waals surface area contributed by atoms with E-state index in [1.807, 2.05) is 11.3 Å². The SMILES string of the molecule is CCC1CN(C(CN2CCCC2)c2sccc2C)CCN1. The van der Waals surface area contributed by atoms with E-state index < -0.39 is 0 Å². The van der Waals surface area contributed by atoms with Crippen LogP contribution in [0.5, 0.6) is 0 Å². The zero-order chi connectivity index (χ0) is 14.7. The van der Waals surface area contributed by atoms with Crippen molar-refractivity contribution in [3.8, 4) is 0 Å². The van der Waals surface area contributed by atoms with Gasteiger partial charge in [-0.3, -0.25) is 4.90 Å². The monoisotopic (exact) mass is 307 g/mol. The maximum atomic E-state index is 3.66. The molecule has 21 heavy (non-hydrogen) atoms. The highest BCUT2D eigenvalue weighted by atomic mass is 32.1. The number of aryl methyl sites for hydroxylation is 1. The molecule has 2 atom stereocenters. The highest BCUT2D eigenvalue weighted by molar-refractivity contribution is 7.10. The van der Waals surface area contributed by atoms with Crippen LogP contribution in [0.15, 0.2) is 11.4 Å². The highest BCUT2D eigenvalue weighted by Gasteiger charge is 2.29. The molecular formula is C17H29N3S. The third kappa shape index (κ3) is 3.67. The van der Waals surface area contributed by atoms with E-state index in [9.17, 15) is 0 Å². The van der Waals surface area contributed by atoms with Gasteiger partial charge in [-0.1, -0.05) is 6.92 Å². The standard InChI is InChI=1S/C17H29N3S/c1-3-15-12-20(10-7-18-15)16(13-19-8-4-5-9-19)17-14(2)6-11-21-17/h6,11,15-16,18H,3-5,7-10,12-13H2,1-2H3. The third-order valence-corrected chi connectivity index (χ3v) is 6.17. The Hall–Kier alpha value is -0.420. The molecule has 118 valence electrons. The first-order chi connectivity index (χ1) is 10.3. The quantitative estimate of drug-likeness (QED) is 0.902. The van der Waals surface area contributed by atoms with Gasteiger partial charge in [0.25, 0.3) is 0 Å². The van der Waals surface area contributed by atoms with Gasteiger partial charge >= 0.3 is 0 Å². The molecule has 0 bridgehead atoms. The average Bonchev–Trinajstić information content (AvgIpc) is 3.16. The second-order valence-electron chi connectivity index (χ2n) is 6.55. The van der Waals surface area contributed by atoms with Crippen molar-refractivity contribution >= 4 is 11.3 Å². The molecule has 1 aromatic rings. The molecule has 0 radical (unpaired) electrons. The number of hydrogen-bond acceptors (Lipinski definition) is 4. The summed E-state index contributed by atoms with van der Waals surface area (Å²) >= 11 is 1.95. The Morgan fingerprint density at radius 3 is 2.81 bits per heavy atom. The van der Waals surface area contributed by atoms with Crippen LogP contribution in [0.4, 0.5) is 0 Å². The van der Waals surface area contributed by atoms with Gasteiger partial charge in [0, 0.05) is 37.1 Å². The number of piperazine rings is 1. The summed E-state index contributed by atoms with van der Waals surface area (Å²) in [4.78, 5) is 7.01. The fourth-order valence-electron chi connectivity index (χ4n) is 3.71. The van der Waals surface area contributed by atoms with Crippen molar-refractivity contribution in [3.63, 3.8) is 0 Å². The first-order valence-corrected chi connectivity index (χ1v) is 9.39. The molecular weight excluding hydrogens is 278 g/mol. The Morgan fingerprint density at radius 2 is 2.14 bits per heavy atom. The first kappa shape index (κ1) is 15.5. The fourth-order valence-corrected chi connectivity index (χ4v) is 4.76. The van der Waals surface area contributed by atoms with E-state index in [-0.39, 0.29) is 0 Å². The molecule has 0 aromatic carbocycles. The van der Waals surface area contributed by atoms with Crippen molar-refractivity contribution in [1.82, 2.24) is 15.1 Å². The van der Waals surface area contributed by atoms with Gasteiger partial charge in [0.2, 0.25) is 0 Å². The normalized spacial score (nSPS) is 26.3. The highest BCUT2D eigenvalue weighted by Crippen LogP contribution is 2.31. The van der Waals surface area contributed by atoms with Crippen LogP contribution in [-0.2, 0) is 0 Å². The molecule has 0 amide bonds. The van der Waals surface area contributed by atoms with Crippen molar-refractivity contribution in [1.29, 1.82) is 0 Å². The number of rotatable bonds is 5. The predicted molar refractivity (Wildman–Crippen MR) is 91.1 cm³/mol. The molecule has 1 aromatic heterocycles. The molecule has 2 aliphatic rings. The van der Waals surface area contributed by atoms with E-state index in [2.05, 4.69) is 40.4 Å². The topological polar surface area (TPSA) is 18.5 Å². The largest absolute Gasteiger partial charge is 0.311 e. The van der Waals surface area contributed by atoms with Crippen LogP contribution in [0.2, 0.25) is 0 Å². The molecule has 1 N–H and O–H groups in total. The van der Waals surface area contributed by atoms with Crippen LogP contribution in [-0.4, -0.2) is 55.1 Å². The van der Waals surface area contributed by atoms with Gasteiger partial charge in [-0.05, 0) is 56.3 Å². The molecule has 0 aliphatic carbocycles. The summed E-state index contributed by atoms with van der Waals surface area (Å²) in [6, 6.07) is 3.55. The smallest absolute Gasteiger partial charge is 0.0572 e. The molecule has 0 spiro atoms. The third-order valence-electron chi connectivity index (χ3n) is 5.05. The van der Waals surface area contributed by atoms with Gasteiger partial charge in [-0.15, -0.1) is 11.3 Å². The molecule has 3 rings (SSSR count). The van der Waals surface area contributed by atoms with E-state index in [0.29, 0.717) is 12.1 Å². The number of nitrogens with zero attached hydrogens (tertiary/aromatic N) is 2. The van der Waals surface area contributed by atoms with E-state index in [1.54, 1.807) is 4.88 Å². The molecule has 2 aliphatic heterocycles. The van der Waals surface area contributed by atoms with Crippen molar-refractivity contribution in [2.45, 2.75) is 45.2 Å². The number of thiophene rings is 1. The lowest BCUT2D eigenvalue weighted by atomic mass is 10.1. The lowest BCUT2D eigenvalue weighted by molar-refractivity contribution is 0.114. The lowest BCUT2D eigenvalue weighted by Gasteiger charge is -2.40. The minimum atomic E-state index is 0.597. The molecule has 3 heterocycles. The van der Waals surface area contributed by atoms with Gasteiger partial charge in [0.15, 0.2) is 0 Å². The van der Waals surface area contributed by atoms with Crippen molar-refractivity contribution in [2.75, 3.05) is 39.3 Å². The van der Waals surface area contributed by atoms with Gasteiger partial charge < -0.3 is 10.2 Å². The summed E-state index contributed by atoms with van der Waals surface area (Å²) in [5.41, 5.74) is 1.48. The Bertz CT molecular complexity index is 439. The Labute approximate surface area is 133 Å². The van der Waals surface area contributed by atoms with Gasteiger partial charge in [-0.2, -0.15) is 0 Å². The zero-order valence-electron chi connectivity index (χ0n) is 13.5. The van der Waals surface area contributed by atoms with Gasteiger partial charge in [-0.25, -0.2) is 0 Å². The van der Waals surface area contributed by atoms with Crippen LogP contribution >= 0.6 is 11.3 Å². The van der Waals surface area contributed by atoms with Gasteiger partial charge in [0.05, 0.1) is 6.04 Å². The zero-order valence-corrected chi connectivity index (χ0v) is 14.3. The van der Waals surface area contributed by atoms with Crippen LogP contribution < -0.4 is 5.32 Å². The second-order valence-corrected chi connectivity index (χ2v) is 7.49. The van der Waals surface area contributed by atoms with Crippen LogP contribution in [0.3, 0.4) is 0 Å². The second kappa shape index (κ2) is 7.23. The summed E-state index contributed by atoms with van der Waals surface area (Å²) in [5.74, 6) is 0. The van der Waals surface area contributed by atoms with E-state index in [4.69, 9.17) is 0 Å². The first-order valence-electron chi connectivity index (χ1n) is 8.51. The fraction of sp³-hybridized carbons (Fsp3) is 0.765. The van der Waals surface area contributed by atoms with Crippen LogP contribution in [0, 0.1) is 6.92 Å². The van der Waals surface area contributed by atoms with E-state index >= 15 is 0 Å². The Balaban J connectivity index is 1.76. The molecule has 2 saturated heterocycles. The van der Waals surface area contributed by atoms with E-state index in [0.717, 1.165) is 6.54 Å². The number of hydrogen-bond donors (Lipinski definition) is 1. The summed E-state index contributed by atoms with van der Waals surface area (Å²) in [6.07, 6.45) is 4.00. The average molecular weight is 308 g/mol. The summed E-state index contributed by atoms with van der Waals surface area (Å²) < 4.78 is 0. The summed E-state index contributed by atoms with van der Waals surface area (Å²) in [7, 11) is 0. The van der Waals surface area contributed by atoms with Crippen LogP contribution in [0.25, 0.3) is 0 Å². The number of likely N-dealkylation sites (tertiary alicyclic amines) is 1. The molecule has 2 unspecified atom stereocenters. The predicted octanol–water partition coefficient (Wildman–Crippen LogP) is 2.88. The molecule has 3 nitrogen and oxygen atoms in total. The Morgan fingerprint density at radius 1 is 1.33 bits per heavy atom. The lowest BCUT2D eigenvalue weighted by Crippen LogP contribution is -2.52. The van der Waals surface area contributed by atoms with Gasteiger partial charge in [0.1, 0.15) is 0 Å². The Kier molecular flexibility index (Phi) is 5.33. The molecule has 2 fully saturated rings. The molecule has 4 heteroatoms. The summed E-state index contributed by atoms with van der Waals surface area (Å²) in [6.45, 7) is 11.9. The maximum absolute atomic E-state index is 3.66. The number of nitrogens with one attached hydrogen (secondary N) is 1. The summed E-state index contributed by atoms with van der Waals surface area (Å²) in [5, 5.41) is 5.92. The minimum Gasteiger partial charge on any atom is -0.311 e. The van der Waals surface area contributed by atoms with Crippen molar-refractivity contribution in [2.24, 2.45) is 0 Å². The van der Waals surface area contributed by atoms with Crippen molar-refractivity contribution in [3.05, 3.63) is 21.9 Å². The van der Waals surface area contributed by atoms with E-state index in [1.165, 1.54) is 57.5 Å². The van der Waals surface area contributed by atoms with Crippen molar-refractivity contribution < 1.29 is 0 Å². The maximum Gasteiger partial charge on any atom is 0.0572 e. The molecule has 0 saturated carbocycles.